The number of carboxylic acid groups (broad SMARTS) is 1. The highest BCUT2D eigenvalue weighted by Gasteiger charge is 2.30. The molecule has 1 aromatic rings. The summed E-state index contributed by atoms with van der Waals surface area (Å²) in [5.74, 6) is -2.45. The number of aromatic hydroxyl groups is 2. The molecule has 1 rings (SSSR count). The first-order valence-corrected chi connectivity index (χ1v) is 6.16. The van der Waals surface area contributed by atoms with E-state index in [9.17, 15) is 19.8 Å². The average Bonchev–Trinajstić information content (AvgIpc) is 2.25. The fourth-order valence-corrected chi connectivity index (χ4v) is 1.74. The van der Waals surface area contributed by atoms with Crippen molar-refractivity contribution in [1.82, 2.24) is 5.32 Å². The van der Waals surface area contributed by atoms with Gasteiger partial charge in [-0.15, -0.1) is 0 Å². The lowest BCUT2D eigenvalue weighted by molar-refractivity contribution is -0.138. The van der Waals surface area contributed by atoms with Gasteiger partial charge in [-0.25, -0.2) is 0 Å². The second kappa shape index (κ2) is 5.81. The Kier molecular flexibility index (Phi) is 4.60. The second-order valence-corrected chi connectivity index (χ2v) is 5.66. The number of nitrogens with one attached hydrogen (secondary N) is 1. The summed E-state index contributed by atoms with van der Waals surface area (Å²) in [5, 5.41) is 30.7. The third-order valence-corrected chi connectivity index (χ3v) is 2.98. The van der Waals surface area contributed by atoms with Crippen LogP contribution in [0, 0.1) is 5.41 Å². The van der Waals surface area contributed by atoms with Gasteiger partial charge in [-0.1, -0.05) is 26.8 Å². The number of carbonyl (C=O) groups excluding carboxylic acids is 1. The van der Waals surface area contributed by atoms with Crippen LogP contribution in [0.5, 0.6) is 11.5 Å². The van der Waals surface area contributed by atoms with E-state index < -0.39 is 23.3 Å². The SMILES string of the molecule is CC(C)(C)C(CC(=O)O)NC(=O)c1c(O)cccc1O. The minimum absolute atomic E-state index is 0.246. The van der Waals surface area contributed by atoms with Crippen molar-refractivity contribution in [1.29, 1.82) is 0 Å². The predicted octanol–water partition coefficient (Wildman–Crippen LogP) is 1.72. The highest BCUT2D eigenvalue weighted by Crippen LogP contribution is 2.28. The van der Waals surface area contributed by atoms with Crippen LogP contribution in [-0.4, -0.2) is 33.2 Å². The van der Waals surface area contributed by atoms with Crippen LogP contribution in [0.4, 0.5) is 0 Å². The topological polar surface area (TPSA) is 107 Å². The van der Waals surface area contributed by atoms with E-state index in [0.29, 0.717) is 0 Å². The minimum atomic E-state index is -1.04. The van der Waals surface area contributed by atoms with E-state index in [2.05, 4.69) is 5.32 Å². The average molecular weight is 281 g/mol. The van der Waals surface area contributed by atoms with Crippen molar-refractivity contribution in [3.05, 3.63) is 23.8 Å². The molecule has 0 aliphatic heterocycles. The third kappa shape index (κ3) is 3.88. The van der Waals surface area contributed by atoms with Gasteiger partial charge in [-0.2, -0.15) is 0 Å². The second-order valence-electron chi connectivity index (χ2n) is 5.66. The van der Waals surface area contributed by atoms with Crippen LogP contribution in [-0.2, 0) is 4.79 Å². The summed E-state index contributed by atoms with van der Waals surface area (Å²) in [6.45, 7) is 5.39. The zero-order valence-corrected chi connectivity index (χ0v) is 11.7. The van der Waals surface area contributed by atoms with Crippen LogP contribution >= 0.6 is 0 Å². The van der Waals surface area contributed by atoms with Crippen molar-refractivity contribution >= 4 is 11.9 Å². The summed E-state index contributed by atoms with van der Waals surface area (Å²) >= 11 is 0. The molecule has 0 saturated heterocycles. The predicted molar refractivity (Wildman–Crippen MR) is 72.7 cm³/mol. The van der Waals surface area contributed by atoms with Gasteiger partial charge in [0.2, 0.25) is 0 Å². The van der Waals surface area contributed by atoms with Gasteiger partial charge in [-0.05, 0) is 17.5 Å². The van der Waals surface area contributed by atoms with Crippen LogP contribution in [0.25, 0.3) is 0 Å². The summed E-state index contributed by atoms with van der Waals surface area (Å²) in [4.78, 5) is 23.0. The first-order valence-electron chi connectivity index (χ1n) is 6.16. The van der Waals surface area contributed by atoms with Crippen molar-refractivity contribution in [2.45, 2.75) is 33.2 Å². The maximum Gasteiger partial charge on any atom is 0.305 e. The Morgan fingerprint density at radius 2 is 1.70 bits per heavy atom. The van der Waals surface area contributed by atoms with Gasteiger partial charge in [-0.3, -0.25) is 9.59 Å². The maximum absolute atomic E-state index is 12.1. The Morgan fingerprint density at radius 1 is 1.20 bits per heavy atom. The lowest BCUT2D eigenvalue weighted by Crippen LogP contribution is -2.45. The molecule has 0 spiro atoms. The van der Waals surface area contributed by atoms with Gasteiger partial charge in [0.05, 0.1) is 6.42 Å². The normalized spacial score (nSPS) is 12.8. The third-order valence-electron chi connectivity index (χ3n) is 2.98. The van der Waals surface area contributed by atoms with E-state index in [1.807, 2.05) is 0 Å². The van der Waals surface area contributed by atoms with E-state index in [1.54, 1.807) is 20.8 Å². The van der Waals surface area contributed by atoms with Crippen LogP contribution < -0.4 is 5.32 Å². The zero-order chi connectivity index (χ0) is 15.5. The Bertz CT molecular complexity index is 499. The van der Waals surface area contributed by atoms with E-state index in [-0.39, 0.29) is 23.5 Å². The molecule has 1 unspecified atom stereocenters. The zero-order valence-electron chi connectivity index (χ0n) is 11.7. The Labute approximate surface area is 117 Å². The molecule has 0 radical (unpaired) electrons. The first-order chi connectivity index (χ1) is 9.12. The van der Waals surface area contributed by atoms with Gasteiger partial charge in [0.15, 0.2) is 0 Å². The number of rotatable bonds is 4. The van der Waals surface area contributed by atoms with E-state index in [0.717, 1.165) is 0 Å². The highest BCUT2D eigenvalue weighted by atomic mass is 16.4. The fraction of sp³-hybridized carbons (Fsp3) is 0.429. The quantitative estimate of drug-likeness (QED) is 0.672. The first kappa shape index (κ1) is 15.8. The molecule has 0 saturated carbocycles. The van der Waals surface area contributed by atoms with Crippen LogP contribution in [0.15, 0.2) is 18.2 Å². The Balaban J connectivity index is 3.00. The van der Waals surface area contributed by atoms with Crippen LogP contribution in [0.2, 0.25) is 0 Å². The van der Waals surface area contributed by atoms with Crippen LogP contribution in [0.1, 0.15) is 37.6 Å². The molecule has 110 valence electrons. The molecule has 1 aromatic carbocycles. The standard InChI is InChI=1S/C14H19NO5/c1-14(2,3)10(7-11(18)19)15-13(20)12-8(16)5-4-6-9(12)17/h4-6,10,16-17H,7H2,1-3H3,(H,15,20)(H,18,19). The van der Waals surface area contributed by atoms with Crippen molar-refractivity contribution < 1.29 is 24.9 Å². The van der Waals surface area contributed by atoms with Gasteiger partial charge >= 0.3 is 5.97 Å². The maximum atomic E-state index is 12.1. The molecular weight excluding hydrogens is 262 g/mol. The van der Waals surface area contributed by atoms with Gasteiger partial charge in [0, 0.05) is 6.04 Å². The highest BCUT2D eigenvalue weighted by molar-refractivity contribution is 5.99. The van der Waals surface area contributed by atoms with Gasteiger partial charge < -0.3 is 20.6 Å². The number of hydrogen-bond donors (Lipinski definition) is 4. The summed E-state index contributed by atoms with van der Waals surface area (Å²) < 4.78 is 0. The molecule has 0 aromatic heterocycles. The van der Waals surface area contributed by atoms with Crippen molar-refractivity contribution in [2.24, 2.45) is 5.41 Å². The number of phenolic OH excluding ortho intramolecular Hbond substituents is 2. The van der Waals surface area contributed by atoms with E-state index >= 15 is 0 Å². The summed E-state index contributed by atoms with van der Waals surface area (Å²) in [7, 11) is 0. The molecule has 0 aliphatic rings. The Hall–Kier alpha value is -2.24. The molecule has 6 heteroatoms. The number of carbonyl (C=O) groups is 2. The van der Waals surface area contributed by atoms with Crippen molar-refractivity contribution in [2.75, 3.05) is 0 Å². The minimum Gasteiger partial charge on any atom is -0.507 e. The molecular formula is C14H19NO5. The molecule has 0 aliphatic carbocycles. The lowest BCUT2D eigenvalue weighted by Gasteiger charge is -2.30. The molecule has 0 fully saturated rings. The smallest absolute Gasteiger partial charge is 0.305 e. The molecule has 0 bridgehead atoms. The number of amides is 1. The molecule has 0 heterocycles. The Morgan fingerprint density at radius 3 is 2.10 bits per heavy atom. The summed E-state index contributed by atoms with van der Waals surface area (Å²) in [6, 6.07) is 3.32. The molecule has 20 heavy (non-hydrogen) atoms. The number of aliphatic carboxylic acids is 1. The largest absolute Gasteiger partial charge is 0.507 e. The van der Waals surface area contributed by atoms with Crippen molar-refractivity contribution in [3.63, 3.8) is 0 Å². The molecule has 1 amide bonds. The summed E-state index contributed by atoms with van der Waals surface area (Å²) in [5.41, 5.74) is -0.735. The molecule has 4 N–H and O–H groups in total. The van der Waals surface area contributed by atoms with Gasteiger partial charge in [0.1, 0.15) is 17.1 Å². The van der Waals surface area contributed by atoms with Crippen LogP contribution in [0.3, 0.4) is 0 Å². The van der Waals surface area contributed by atoms with E-state index in [4.69, 9.17) is 5.11 Å². The number of hydrogen-bond acceptors (Lipinski definition) is 4. The van der Waals surface area contributed by atoms with Crippen molar-refractivity contribution in [3.8, 4) is 11.5 Å². The molecule has 1 atom stereocenters. The number of benzene rings is 1. The molecule has 6 nitrogen and oxygen atoms in total. The van der Waals surface area contributed by atoms with Gasteiger partial charge in [0.25, 0.3) is 5.91 Å². The van der Waals surface area contributed by atoms with E-state index in [1.165, 1.54) is 18.2 Å². The fourth-order valence-electron chi connectivity index (χ4n) is 1.74. The number of phenols is 2. The summed E-state index contributed by atoms with van der Waals surface area (Å²) in [6.07, 6.45) is -0.246. The monoisotopic (exact) mass is 281 g/mol. The lowest BCUT2D eigenvalue weighted by atomic mass is 9.84. The number of carboxylic acids is 1.